The maximum atomic E-state index is 14.2. The Labute approximate surface area is 140 Å². The second-order valence-corrected chi connectivity index (χ2v) is 5.53. The van der Waals surface area contributed by atoms with Gasteiger partial charge in [-0.1, -0.05) is 0 Å². The molecule has 0 aliphatic rings. The molecule has 25 heavy (non-hydrogen) atoms. The SMILES string of the molecule is COc1ccc(C(=O)[C@@H](C)n2cnc3c(=O)[nH]c(=O)n(C)c32)c(F)c1. The Morgan fingerprint density at radius 3 is 2.72 bits per heavy atom. The van der Waals surface area contributed by atoms with Crippen LogP contribution >= 0.6 is 0 Å². The lowest BCUT2D eigenvalue weighted by molar-refractivity contribution is 0.0932. The predicted molar refractivity (Wildman–Crippen MR) is 87.6 cm³/mol. The number of ketones is 1. The molecule has 3 rings (SSSR count). The number of fused-ring (bicyclic) bond motifs is 1. The van der Waals surface area contributed by atoms with Crippen molar-refractivity contribution in [2.45, 2.75) is 13.0 Å². The fraction of sp³-hybridized carbons (Fsp3) is 0.250. The summed E-state index contributed by atoms with van der Waals surface area (Å²) in [6, 6.07) is 3.06. The van der Waals surface area contributed by atoms with E-state index < -0.39 is 28.9 Å². The van der Waals surface area contributed by atoms with Gasteiger partial charge in [0, 0.05) is 13.1 Å². The first kappa shape index (κ1) is 16.6. The summed E-state index contributed by atoms with van der Waals surface area (Å²) >= 11 is 0. The van der Waals surface area contributed by atoms with Gasteiger partial charge in [0.15, 0.2) is 16.9 Å². The number of halogens is 1. The van der Waals surface area contributed by atoms with Crippen molar-refractivity contribution in [2.24, 2.45) is 7.05 Å². The third kappa shape index (κ3) is 2.63. The van der Waals surface area contributed by atoms with Crippen LogP contribution in [0, 0.1) is 5.82 Å². The van der Waals surface area contributed by atoms with E-state index in [-0.39, 0.29) is 16.7 Å². The fourth-order valence-electron chi connectivity index (χ4n) is 2.64. The van der Waals surface area contributed by atoms with Gasteiger partial charge >= 0.3 is 5.69 Å². The molecule has 9 heteroatoms. The van der Waals surface area contributed by atoms with E-state index in [1.54, 1.807) is 6.92 Å². The number of H-pyrrole nitrogens is 1. The second kappa shape index (κ2) is 6.00. The van der Waals surface area contributed by atoms with Gasteiger partial charge in [0.05, 0.1) is 25.0 Å². The van der Waals surface area contributed by atoms with Crippen LogP contribution in [0.15, 0.2) is 34.1 Å². The van der Waals surface area contributed by atoms with Crippen molar-refractivity contribution in [3.05, 3.63) is 56.7 Å². The number of carbonyl (C=O) groups excluding carboxylic acids is 1. The van der Waals surface area contributed by atoms with Gasteiger partial charge in [-0.25, -0.2) is 14.2 Å². The Bertz CT molecular complexity index is 1100. The van der Waals surface area contributed by atoms with E-state index in [4.69, 9.17) is 4.74 Å². The molecule has 0 fully saturated rings. The maximum Gasteiger partial charge on any atom is 0.329 e. The molecular formula is C16H15FN4O4. The van der Waals surface area contributed by atoms with Crippen molar-refractivity contribution >= 4 is 16.9 Å². The highest BCUT2D eigenvalue weighted by molar-refractivity contribution is 5.99. The largest absolute Gasteiger partial charge is 0.497 e. The molecule has 8 nitrogen and oxygen atoms in total. The number of benzene rings is 1. The van der Waals surface area contributed by atoms with Crippen LogP contribution in [0.3, 0.4) is 0 Å². The summed E-state index contributed by atoms with van der Waals surface area (Å²) in [6.45, 7) is 1.54. The van der Waals surface area contributed by atoms with Gasteiger partial charge in [-0.05, 0) is 19.1 Å². The average molecular weight is 346 g/mol. The summed E-state index contributed by atoms with van der Waals surface area (Å²) in [5.41, 5.74) is -1.19. The Balaban J connectivity index is 2.11. The molecule has 0 amide bonds. The van der Waals surface area contributed by atoms with Crippen LogP contribution in [-0.2, 0) is 7.05 Å². The van der Waals surface area contributed by atoms with Crippen molar-refractivity contribution in [3.8, 4) is 5.75 Å². The van der Waals surface area contributed by atoms with E-state index >= 15 is 0 Å². The first-order valence-corrected chi connectivity index (χ1v) is 7.38. The minimum Gasteiger partial charge on any atom is -0.497 e. The third-order valence-electron chi connectivity index (χ3n) is 4.06. The topological polar surface area (TPSA) is 99.0 Å². The number of methoxy groups -OCH3 is 1. The standard InChI is InChI=1S/C16H15FN4O4/c1-8(13(22)10-5-4-9(25-3)6-11(10)17)21-7-18-12-14(23)19-16(24)20(2)15(12)21/h4-8H,1-3H3,(H,19,23,24)/t8-/m1/s1. The molecule has 0 aliphatic carbocycles. The van der Waals surface area contributed by atoms with E-state index in [1.807, 2.05) is 0 Å². The number of hydrogen-bond donors (Lipinski definition) is 1. The number of Topliss-reactive ketones (excluding diaryl/α,β-unsaturated/α-hetero) is 1. The summed E-state index contributed by atoms with van der Waals surface area (Å²) < 4.78 is 21.6. The van der Waals surface area contributed by atoms with Crippen LogP contribution in [0.2, 0.25) is 0 Å². The highest BCUT2D eigenvalue weighted by atomic mass is 19.1. The molecule has 1 atom stereocenters. The number of rotatable bonds is 4. The fourth-order valence-corrected chi connectivity index (χ4v) is 2.64. The number of aryl methyl sites for hydroxylation is 1. The van der Waals surface area contributed by atoms with Crippen molar-refractivity contribution in [1.29, 1.82) is 0 Å². The summed E-state index contributed by atoms with van der Waals surface area (Å²) in [5.74, 6) is -0.941. The molecule has 2 aromatic heterocycles. The molecule has 0 bridgehead atoms. The molecule has 0 radical (unpaired) electrons. The van der Waals surface area contributed by atoms with E-state index in [2.05, 4.69) is 9.97 Å². The molecule has 0 saturated heterocycles. The average Bonchev–Trinajstić information content (AvgIpc) is 3.04. The lowest BCUT2D eigenvalue weighted by Crippen LogP contribution is -2.30. The van der Waals surface area contributed by atoms with E-state index in [0.29, 0.717) is 5.75 Å². The summed E-state index contributed by atoms with van der Waals surface area (Å²) in [5, 5.41) is 0. The van der Waals surface area contributed by atoms with Gasteiger partial charge in [-0.2, -0.15) is 0 Å². The minimum absolute atomic E-state index is 0.0250. The zero-order valence-electron chi connectivity index (χ0n) is 13.7. The van der Waals surface area contributed by atoms with E-state index in [9.17, 15) is 18.8 Å². The van der Waals surface area contributed by atoms with Crippen LogP contribution < -0.4 is 16.0 Å². The molecular weight excluding hydrogens is 331 g/mol. The van der Waals surface area contributed by atoms with Crippen LogP contribution in [0.4, 0.5) is 4.39 Å². The summed E-state index contributed by atoms with van der Waals surface area (Å²) in [7, 11) is 2.85. The smallest absolute Gasteiger partial charge is 0.329 e. The molecule has 2 heterocycles. The number of hydrogen-bond acceptors (Lipinski definition) is 5. The van der Waals surface area contributed by atoms with Gasteiger partial charge in [-0.3, -0.25) is 19.1 Å². The first-order chi connectivity index (χ1) is 11.8. The monoisotopic (exact) mass is 346 g/mol. The number of ether oxygens (including phenoxy) is 1. The van der Waals surface area contributed by atoms with Crippen molar-refractivity contribution < 1.29 is 13.9 Å². The number of imidazole rings is 1. The normalized spacial score (nSPS) is 12.3. The highest BCUT2D eigenvalue weighted by Gasteiger charge is 2.24. The van der Waals surface area contributed by atoms with Crippen LogP contribution in [0.5, 0.6) is 5.75 Å². The number of nitrogens with zero attached hydrogens (tertiary/aromatic N) is 3. The van der Waals surface area contributed by atoms with Gasteiger partial charge < -0.3 is 9.30 Å². The Hall–Kier alpha value is -3.23. The molecule has 3 aromatic rings. The summed E-state index contributed by atoms with van der Waals surface area (Å²) in [6.07, 6.45) is 1.28. The Morgan fingerprint density at radius 2 is 2.08 bits per heavy atom. The number of aromatic nitrogens is 4. The molecule has 1 N–H and O–H groups in total. The molecule has 0 saturated carbocycles. The van der Waals surface area contributed by atoms with Crippen molar-refractivity contribution in [3.63, 3.8) is 0 Å². The number of aromatic amines is 1. The van der Waals surface area contributed by atoms with E-state index in [1.165, 1.54) is 41.8 Å². The van der Waals surface area contributed by atoms with Crippen molar-refractivity contribution in [1.82, 2.24) is 19.1 Å². The lowest BCUT2D eigenvalue weighted by atomic mass is 10.0. The summed E-state index contributed by atoms with van der Waals surface area (Å²) in [4.78, 5) is 42.4. The molecule has 0 aliphatic heterocycles. The van der Waals surface area contributed by atoms with E-state index in [0.717, 1.165) is 6.07 Å². The van der Waals surface area contributed by atoms with Crippen LogP contribution in [0.25, 0.3) is 11.2 Å². The minimum atomic E-state index is -0.875. The van der Waals surface area contributed by atoms with Crippen LogP contribution in [0.1, 0.15) is 23.3 Å². The lowest BCUT2D eigenvalue weighted by Gasteiger charge is -2.15. The first-order valence-electron chi connectivity index (χ1n) is 7.38. The Morgan fingerprint density at radius 1 is 1.36 bits per heavy atom. The Kier molecular flexibility index (Phi) is 3.99. The quantitative estimate of drug-likeness (QED) is 0.711. The molecule has 0 spiro atoms. The zero-order chi connectivity index (χ0) is 18.3. The van der Waals surface area contributed by atoms with Gasteiger partial charge in [0.2, 0.25) is 0 Å². The second-order valence-electron chi connectivity index (χ2n) is 5.53. The third-order valence-corrected chi connectivity index (χ3v) is 4.06. The zero-order valence-corrected chi connectivity index (χ0v) is 13.7. The van der Waals surface area contributed by atoms with Crippen LogP contribution in [-0.4, -0.2) is 32.0 Å². The van der Waals surface area contributed by atoms with Gasteiger partial charge in [-0.15, -0.1) is 0 Å². The van der Waals surface area contributed by atoms with Crippen molar-refractivity contribution in [2.75, 3.05) is 7.11 Å². The highest BCUT2D eigenvalue weighted by Crippen LogP contribution is 2.22. The molecule has 130 valence electrons. The predicted octanol–water partition coefficient (Wildman–Crippen LogP) is 1.01. The number of nitrogens with one attached hydrogen (secondary N) is 1. The van der Waals surface area contributed by atoms with Gasteiger partial charge in [0.25, 0.3) is 5.56 Å². The molecule has 0 unspecified atom stereocenters. The maximum absolute atomic E-state index is 14.2. The molecule has 1 aromatic carbocycles. The number of carbonyl (C=O) groups is 1. The van der Waals surface area contributed by atoms with Gasteiger partial charge in [0.1, 0.15) is 11.6 Å².